The molecule has 1 heterocycles. The van der Waals surface area contributed by atoms with Crippen LogP contribution in [0.15, 0.2) is 12.4 Å². The summed E-state index contributed by atoms with van der Waals surface area (Å²) in [7, 11) is 0. The predicted octanol–water partition coefficient (Wildman–Crippen LogP) is 3.38. The molecule has 3 rings (SSSR count). The molecule has 0 aromatic carbocycles. The molecule has 1 aromatic rings. The summed E-state index contributed by atoms with van der Waals surface area (Å²) >= 11 is 0. The Kier molecular flexibility index (Phi) is 3.92. The lowest BCUT2D eigenvalue weighted by atomic mass is 9.82. The van der Waals surface area contributed by atoms with E-state index in [9.17, 15) is 0 Å². The van der Waals surface area contributed by atoms with E-state index in [2.05, 4.69) is 34.9 Å². The number of hydrogen-bond donors (Lipinski definition) is 1. The van der Waals surface area contributed by atoms with Crippen LogP contribution in [-0.2, 0) is 6.54 Å². The first kappa shape index (κ1) is 13.2. The minimum atomic E-state index is 0.477. The molecular formula is C16H27N3. The number of nitrogens with zero attached hydrogens (tertiary/aromatic N) is 2. The third kappa shape index (κ3) is 2.45. The van der Waals surface area contributed by atoms with Crippen molar-refractivity contribution in [1.82, 2.24) is 14.9 Å². The summed E-state index contributed by atoms with van der Waals surface area (Å²) in [5.41, 5.74) is 0. The van der Waals surface area contributed by atoms with E-state index in [0.29, 0.717) is 6.04 Å². The van der Waals surface area contributed by atoms with Crippen LogP contribution in [0.3, 0.4) is 0 Å². The molecule has 3 heteroatoms. The number of nitrogens with one attached hydrogen (secondary N) is 1. The maximum atomic E-state index is 4.67. The highest BCUT2D eigenvalue weighted by Gasteiger charge is 2.44. The molecule has 2 fully saturated rings. The van der Waals surface area contributed by atoms with Gasteiger partial charge in [0.05, 0.1) is 6.04 Å². The Morgan fingerprint density at radius 1 is 1.37 bits per heavy atom. The van der Waals surface area contributed by atoms with Crippen LogP contribution in [0, 0.1) is 17.8 Å². The monoisotopic (exact) mass is 261 g/mol. The molecule has 2 bridgehead atoms. The van der Waals surface area contributed by atoms with Crippen molar-refractivity contribution in [3.63, 3.8) is 0 Å². The Balaban J connectivity index is 1.81. The highest BCUT2D eigenvalue weighted by atomic mass is 15.1. The van der Waals surface area contributed by atoms with Crippen LogP contribution in [0.25, 0.3) is 0 Å². The summed E-state index contributed by atoms with van der Waals surface area (Å²) in [4.78, 5) is 4.67. The summed E-state index contributed by atoms with van der Waals surface area (Å²) in [6.45, 7) is 6.59. The fourth-order valence-electron chi connectivity index (χ4n) is 4.30. The van der Waals surface area contributed by atoms with Crippen molar-refractivity contribution in [2.45, 2.75) is 58.5 Å². The van der Waals surface area contributed by atoms with Crippen molar-refractivity contribution in [3.8, 4) is 0 Å². The number of rotatable bonds is 6. The van der Waals surface area contributed by atoms with E-state index in [1.165, 1.54) is 37.9 Å². The van der Waals surface area contributed by atoms with Crippen LogP contribution in [-0.4, -0.2) is 16.1 Å². The molecule has 19 heavy (non-hydrogen) atoms. The second-order valence-electron chi connectivity index (χ2n) is 6.34. The number of aromatic nitrogens is 2. The molecular weight excluding hydrogens is 234 g/mol. The first-order chi connectivity index (χ1) is 9.33. The van der Waals surface area contributed by atoms with Crippen molar-refractivity contribution in [3.05, 3.63) is 18.2 Å². The molecule has 2 aliphatic rings. The quantitative estimate of drug-likeness (QED) is 0.850. The molecule has 1 N–H and O–H groups in total. The van der Waals surface area contributed by atoms with Crippen LogP contribution >= 0.6 is 0 Å². The molecule has 0 saturated heterocycles. The molecule has 106 valence electrons. The molecule has 0 radical (unpaired) electrons. The van der Waals surface area contributed by atoms with Crippen LogP contribution in [0.2, 0.25) is 0 Å². The van der Waals surface area contributed by atoms with Gasteiger partial charge in [-0.2, -0.15) is 0 Å². The van der Waals surface area contributed by atoms with Crippen molar-refractivity contribution >= 4 is 0 Å². The first-order valence-corrected chi connectivity index (χ1v) is 8.07. The fourth-order valence-corrected chi connectivity index (χ4v) is 4.30. The van der Waals surface area contributed by atoms with Crippen LogP contribution in [0.5, 0.6) is 0 Å². The maximum absolute atomic E-state index is 4.67. The highest BCUT2D eigenvalue weighted by Crippen LogP contribution is 2.52. The van der Waals surface area contributed by atoms with Crippen LogP contribution in [0.4, 0.5) is 0 Å². The van der Waals surface area contributed by atoms with Gasteiger partial charge in [0.1, 0.15) is 5.82 Å². The van der Waals surface area contributed by atoms with Gasteiger partial charge < -0.3 is 9.88 Å². The lowest BCUT2D eigenvalue weighted by molar-refractivity contribution is 0.239. The minimum Gasteiger partial charge on any atom is -0.334 e. The smallest absolute Gasteiger partial charge is 0.126 e. The molecule has 2 saturated carbocycles. The number of fused-ring (bicyclic) bond motifs is 2. The van der Waals surface area contributed by atoms with Crippen LogP contribution < -0.4 is 5.32 Å². The van der Waals surface area contributed by atoms with Gasteiger partial charge in [-0.3, -0.25) is 0 Å². The third-order valence-corrected chi connectivity index (χ3v) is 5.20. The largest absolute Gasteiger partial charge is 0.334 e. The second-order valence-corrected chi connectivity index (χ2v) is 6.34. The first-order valence-electron chi connectivity index (χ1n) is 8.07. The van der Waals surface area contributed by atoms with Crippen molar-refractivity contribution in [2.75, 3.05) is 6.54 Å². The summed E-state index contributed by atoms with van der Waals surface area (Å²) in [6, 6.07) is 0.477. The van der Waals surface area contributed by atoms with Gasteiger partial charge in [0, 0.05) is 18.9 Å². The second kappa shape index (κ2) is 5.66. The van der Waals surface area contributed by atoms with Gasteiger partial charge >= 0.3 is 0 Å². The van der Waals surface area contributed by atoms with E-state index in [4.69, 9.17) is 0 Å². The molecule has 1 aromatic heterocycles. The number of aryl methyl sites for hydroxylation is 1. The highest BCUT2D eigenvalue weighted by molar-refractivity contribution is 5.06. The Bertz CT molecular complexity index is 412. The number of hydrogen-bond acceptors (Lipinski definition) is 2. The molecule has 4 atom stereocenters. The lowest BCUT2D eigenvalue weighted by Crippen LogP contribution is -2.34. The summed E-state index contributed by atoms with van der Waals surface area (Å²) in [5, 5.41) is 3.79. The van der Waals surface area contributed by atoms with Gasteiger partial charge in [-0.15, -0.1) is 0 Å². The molecule has 0 amide bonds. The van der Waals surface area contributed by atoms with Gasteiger partial charge in [-0.25, -0.2) is 4.98 Å². The average molecular weight is 261 g/mol. The third-order valence-electron chi connectivity index (χ3n) is 5.20. The van der Waals surface area contributed by atoms with E-state index >= 15 is 0 Å². The van der Waals surface area contributed by atoms with Gasteiger partial charge in [0.15, 0.2) is 0 Å². The average Bonchev–Trinajstić information content (AvgIpc) is 3.15. The Hall–Kier alpha value is -0.830. The summed E-state index contributed by atoms with van der Waals surface area (Å²) < 4.78 is 2.32. The van der Waals surface area contributed by atoms with E-state index in [1.54, 1.807) is 0 Å². The fraction of sp³-hybridized carbons (Fsp3) is 0.812. The standard InChI is InChI=1S/C16H27N3/c1-3-7-17-15(16-18-8-9-19(16)4-2)14-11-12-5-6-13(14)10-12/h8-9,12-15,17H,3-7,10-11H2,1-2H3. The van der Waals surface area contributed by atoms with Gasteiger partial charge in [0.25, 0.3) is 0 Å². The summed E-state index contributed by atoms with van der Waals surface area (Å²) in [6.07, 6.45) is 11.1. The topological polar surface area (TPSA) is 29.9 Å². The molecule has 4 unspecified atom stereocenters. The zero-order valence-electron chi connectivity index (χ0n) is 12.3. The zero-order chi connectivity index (χ0) is 13.2. The van der Waals surface area contributed by atoms with Crippen molar-refractivity contribution in [2.24, 2.45) is 17.8 Å². The molecule has 0 aliphatic heterocycles. The molecule has 2 aliphatic carbocycles. The molecule has 0 spiro atoms. The predicted molar refractivity (Wildman–Crippen MR) is 77.9 cm³/mol. The van der Waals surface area contributed by atoms with E-state index in [0.717, 1.165) is 30.8 Å². The maximum Gasteiger partial charge on any atom is 0.126 e. The Morgan fingerprint density at radius 3 is 2.89 bits per heavy atom. The van der Waals surface area contributed by atoms with E-state index < -0.39 is 0 Å². The van der Waals surface area contributed by atoms with E-state index in [-0.39, 0.29) is 0 Å². The van der Waals surface area contributed by atoms with Gasteiger partial charge in [-0.1, -0.05) is 13.3 Å². The van der Waals surface area contributed by atoms with Gasteiger partial charge in [0.2, 0.25) is 0 Å². The Morgan fingerprint density at radius 2 is 2.26 bits per heavy atom. The van der Waals surface area contributed by atoms with Crippen LogP contribution in [0.1, 0.15) is 57.8 Å². The normalized spacial score (nSPS) is 30.9. The molecule has 3 nitrogen and oxygen atoms in total. The lowest BCUT2D eigenvalue weighted by Gasteiger charge is -2.31. The van der Waals surface area contributed by atoms with E-state index in [1.807, 2.05) is 6.20 Å². The van der Waals surface area contributed by atoms with Crippen molar-refractivity contribution < 1.29 is 0 Å². The summed E-state index contributed by atoms with van der Waals surface area (Å²) in [5.74, 6) is 4.04. The Labute approximate surface area is 116 Å². The SMILES string of the molecule is CCCNC(c1nccn1CC)C1CC2CCC1C2. The van der Waals surface area contributed by atoms with Gasteiger partial charge in [-0.05, 0) is 56.9 Å². The zero-order valence-corrected chi connectivity index (χ0v) is 12.3. The van der Waals surface area contributed by atoms with Crippen molar-refractivity contribution in [1.29, 1.82) is 0 Å². The number of imidazole rings is 1. The minimum absolute atomic E-state index is 0.477.